The fraction of sp³-hybridized carbons (Fsp3) is 0.462. The van der Waals surface area contributed by atoms with E-state index in [1.165, 1.54) is 0 Å². The fourth-order valence-corrected chi connectivity index (χ4v) is 1.81. The van der Waals surface area contributed by atoms with Crippen LogP contribution >= 0.6 is 11.6 Å². The second kappa shape index (κ2) is 6.66. The molecule has 2 nitrogen and oxygen atoms in total. The van der Waals surface area contributed by atoms with E-state index in [0.29, 0.717) is 17.1 Å². The molecule has 0 spiro atoms. The first-order valence-corrected chi connectivity index (χ1v) is 6.06. The van der Waals surface area contributed by atoms with E-state index in [9.17, 15) is 4.79 Å². The van der Waals surface area contributed by atoms with Gasteiger partial charge in [0, 0.05) is 10.6 Å². The summed E-state index contributed by atoms with van der Waals surface area (Å²) in [6, 6.07) is 7.13. The highest BCUT2D eigenvalue weighted by Crippen LogP contribution is 2.11. The van der Waals surface area contributed by atoms with Crippen LogP contribution in [0.2, 0.25) is 5.02 Å². The van der Waals surface area contributed by atoms with Gasteiger partial charge >= 0.3 is 0 Å². The standard InChI is InChI=1S/C13H18ClNO/c1-3-8-15(4-2)10-13(16)11-6-5-7-12(14)9-11/h5-7,9H,3-4,8,10H2,1-2H3. The monoisotopic (exact) mass is 239 g/mol. The van der Waals surface area contributed by atoms with E-state index in [0.717, 1.165) is 19.5 Å². The van der Waals surface area contributed by atoms with Crippen molar-refractivity contribution in [1.29, 1.82) is 0 Å². The molecule has 0 saturated heterocycles. The number of hydrogen-bond donors (Lipinski definition) is 0. The van der Waals surface area contributed by atoms with Crippen LogP contribution in [0.5, 0.6) is 0 Å². The molecular weight excluding hydrogens is 222 g/mol. The maximum absolute atomic E-state index is 11.9. The van der Waals surface area contributed by atoms with Crippen molar-refractivity contribution in [2.45, 2.75) is 20.3 Å². The minimum absolute atomic E-state index is 0.137. The molecule has 0 heterocycles. The molecule has 0 aliphatic heterocycles. The second-order valence-electron chi connectivity index (χ2n) is 3.80. The predicted octanol–water partition coefficient (Wildman–Crippen LogP) is 3.25. The van der Waals surface area contributed by atoms with E-state index in [1.807, 2.05) is 12.1 Å². The van der Waals surface area contributed by atoms with Crippen molar-refractivity contribution in [3.63, 3.8) is 0 Å². The van der Waals surface area contributed by atoms with E-state index >= 15 is 0 Å². The Labute approximate surface area is 102 Å². The summed E-state index contributed by atoms with van der Waals surface area (Å²) in [4.78, 5) is 14.1. The number of likely N-dealkylation sites (N-methyl/N-ethyl adjacent to an activating group) is 1. The van der Waals surface area contributed by atoms with Crippen LogP contribution in [0.3, 0.4) is 0 Å². The van der Waals surface area contributed by atoms with Gasteiger partial charge in [-0.15, -0.1) is 0 Å². The summed E-state index contributed by atoms with van der Waals surface area (Å²) < 4.78 is 0. The van der Waals surface area contributed by atoms with E-state index in [-0.39, 0.29) is 5.78 Å². The number of nitrogens with zero attached hydrogens (tertiary/aromatic N) is 1. The Kier molecular flexibility index (Phi) is 5.50. The number of benzene rings is 1. The first-order chi connectivity index (χ1) is 7.67. The molecule has 3 heteroatoms. The van der Waals surface area contributed by atoms with Crippen molar-refractivity contribution in [2.75, 3.05) is 19.6 Å². The molecule has 0 atom stereocenters. The van der Waals surface area contributed by atoms with Crippen LogP contribution in [-0.4, -0.2) is 30.3 Å². The van der Waals surface area contributed by atoms with Crippen molar-refractivity contribution in [2.24, 2.45) is 0 Å². The highest BCUT2D eigenvalue weighted by atomic mass is 35.5. The maximum atomic E-state index is 11.9. The molecule has 0 fully saturated rings. The number of ketones is 1. The first-order valence-electron chi connectivity index (χ1n) is 5.68. The highest BCUT2D eigenvalue weighted by Gasteiger charge is 2.10. The summed E-state index contributed by atoms with van der Waals surface area (Å²) in [7, 11) is 0. The highest BCUT2D eigenvalue weighted by molar-refractivity contribution is 6.31. The van der Waals surface area contributed by atoms with Crippen LogP contribution < -0.4 is 0 Å². The van der Waals surface area contributed by atoms with Crippen LogP contribution in [-0.2, 0) is 0 Å². The van der Waals surface area contributed by atoms with E-state index < -0.39 is 0 Å². The van der Waals surface area contributed by atoms with Gasteiger partial charge in [-0.2, -0.15) is 0 Å². The van der Waals surface area contributed by atoms with Gasteiger partial charge in [0.25, 0.3) is 0 Å². The molecule has 0 saturated carbocycles. The lowest BCUT2D eigenvalue weighted by atomic mass is 10.1. The lowest BCUT2D eigenvalue weighted by Gasteiger charge is -2.18. The maximum Gasteiger partial charge on any atom is 0.176 e. The first kappa shape index (κ1) is 13.2. The number of rotatable bonds is 6. The zero-order valence-electron chi connectivity index (χ0n) is 9.87. The summed E-state index contributed by atoms with van der Waals surface area (Å²) in [6.07, 6.45) is 1.07. The molecule has 0 N–H and O–H groups in total. The third-order valence-corrected chi connectivity index (χ3v) is 2.74. The lowest BCUT2D eigenvalue weighted by molar-refractivity contribution is 0.0934. The molecule has 0 amide bonds. The van der Waals surface area contributed by atoms with Gasteiger partial charge in [-0.1, -0.05) is 37.6 Å². The third-order valence-electron chi connectivity index (χ3n) is 2.50. The summed E-state index contributed by atoms with van der Waals surface area (Å²) in [5, 5.41) is 0.615. The van der Waals surface area contributed by atoms with Crippen LogP contribution in [0.15, 0.2) is 24.3 Å². The number of carbonyl (C=O) groups excluding carboxylic acids is 1. The molecule has 1 aromatic rings. The van der Waals surface area contributed by atoms with Crippen molar-refractivity contribution in [1.82, 2.24) is 4.90 Å². The van der Waals surface area contributed by atoms with E-state index in [2.05, 4.69) is 18.7 Å². The third kappa shape index (κ3) is 3.95. The molecule has 0 bridgehead atoms. The van der Waals surface area contributed by atoms with Crippen molar-refractivity contribution in [3.8, 4) is 0 Å². The van der Waals surface area contributed by atoms with Crippen LogP contribution in [0.4, 0.5) is 0 Å². The zero-order valence-corrected chi connectivity index (χ0v) is 10.6. The van der Waals surface area contributed by atoms with Crippen LogP contribution in [0, 0.1) is 0 Å². The molecule has 0 aliphatic carbocycles. The molecule has 88 valence electrons. The lowest BCUT2D eigenvalue weighted by Crippen LogP contribution is -2.30. The van der Waals surface area contributed by atoms with Gasteiger partial charge < -0.3 is 0 Å². The van der Waals surface area contributed by atoms with Gasteiger partial charge in [0.2, 0.25) is 0 Å². The Morgan fingerprint density at radius 1 is 1.38 bits per heavy atom. The number of Topliss-reactive ketones (excluding diaryl/α,β-unsaturated/α-hetero) is 1. The molecule has 16 heavy (non-hydrogen) atoms. The Balaban J connectivity index is 2.64. The normalized spacial score (nSPS) is 10.8. The molecule has 0 aromatic heterocycles. The Bertz CT molecular complexity index is 352. The minimum Gasteiger partial charge on any atom is -0.296 e. The molecule has 0 aliphatic rings. The Morgan fingerprint density at radius 2 is 2.12 bits per heavy atom. The van der Waals surface area contributed by atoms with Gasteiger partial charge in [-0.25, -0.2) is 0 Å². The summed E-state index contributed by atoms with van der Waals surface area (Å²) in [5.41, 5.74) is 0.696. The second-order valence-corrected chi connectivity index (χ2v) is 4.24. The average molecular weight is 240 g/mol. The van der Waals surface area contributed by atoms with Gasteiger partial charge in [-0.3, -0.25) is 9.69 Å². The molecule has 0 radical (unpaired) electrons. The fourth-order valence-electron chi connectivity index (χ4n) is 1.62. The quantitative estimate of drug-likeness (QED) is 0.711. The summed E-state index contributed by atoms with van der Waals surface area (Å²) >= 11 is 5.85. The summed E-state index contributed by atoms with van der Waals surface area (Å²) in [5.74, 6) is 0.137. The molecule has 1 rings (SSSR count). The van der Waals surface area contributed by atoms with E-state index in [1.54, 1.807) is 12.1 Å². The number of hydrogen-bond acceptors (Lipinski definition) is 2. The average Bonchev–Trinajstić information content (AvgIpc) is 2.28. The van der Waals surface area contributed by atoms with Gasteiger partial charge in [0.15, 0.2) is 5.78 Å². The summed E-state index contributed by atoms with van der Waals surface area (Å²) in [6.45, 7) is 6.53. The largest absolute Gasteiger partial charge is 0.296 e. The molecule has 0 unspecified atom stereocenters. The van der Waals surface area contributed by atoms with Gasteiger partial charge in [0.1, 0.15) is 0 Å². The van der Waals surface area contributed by atoms with Gasteiger partial charge in [-0.05, 0) is 31.6 Å². The SMILES string of the molecule is CCCN(CC)CC(=O)c1cccc(Cl)c1. The van der Waals surface area contributed by atoms with Gasteiger partial charge in [0.05, 0.1) is 6.54 Å². The van der Waals surface area contributed by atoms with Crippen molar-refractivity contribution >= 4 is 17.4 Å². The minimum atomic E-state index is 0.137. The number of halogens is 1. The van der Waals surface area contributed by atoms with Crippen LogP contribution in [0.1, 0.15) is 30.6 Å². The van der Waals surface area contributed by atoms with E-state index in [4.69, 9.17) is 11.6 Å². The van der Waals surface area contributed by atoms with Crippen molar-refractivity contribution < 1.29 is 4.79 Å². The molecule has 1 aromatic carbocycles. The molecular formula is C13H18ClNO. The topological polar surface area (TPSA) is 20.3 Å². The zero-order chi connectivity index (χ0) is 12.0. The van der Waals surface area contributed by atoms with Crippen molar-refractivity contribution in [3.05, 3.63) is 34.9 Å². The smallest absolute Gasteiger partial charge is 0.176 e. The predicted molar refractivity (Wildman–Crippen MR) is 68.2 cm³/mol. The number of carbonyl (C=O) groups is 1. The Hall–Kier alpha value is -0.860. The Morgan fingerprint density at radius 3 is 2.69 bits per heavy atom. The van der Waals surface area contributed by atoms with Crippen LogP contribution in [0.25, 0.3) is 0 Å².